The number of amides is 1. The molecule has 0 radical (unpaired) electrons. The van der Waals surface area contributed by atoms with Crippen LogP contribution in [0.1, 0.15) is 40.9 Å². The predicted octanol–water partition coefficient (Wildman–Crippen LogP) is 4.62. The number of nitrogens with one attached hydrogen (secondary N) is 1. The third-order valence-electron chi connectivity index (χ3n) is 5.43. The fourth-order valence-corrected chi connectivity index (χ4v) is 3.79. The van der Waals surface area contributed by atoms with Crippen molar-refractivity contribution in [2.24, 2.45) is 0 Å². The van der Waals surface area contributed by atoms with Crippen LogP contribution in [0.3, 0.4) is 0 Å². The molecule has 1 saturated heterocycles. The molecule has 3 aromatic rings. The van der Waals surface area contributed by atoms with Crippen LogP contribution >= 0.6 is 0 Å². The molecule has 2 aromatic carbocycles. The van der Waals surface area contributed by atoms with Gasteiger partial charge in [0.15, 0.2) is 0 Å². The lowest BCUT2D eigenvalue weighted by atomic mass is 10.1. The molecule has 150 valence electrons. The minimum Gasteiger partial charge on any atom is -0.370 e. The topological polar surface area (TPSA) is 50.2 Å². The van der Waals surface area contributed by atoms with Crippen LogP contribution in [0.2, 0.25) is 0 Å². The van der Waals surface area contributed by atoms with Crippen LogP contribution in [0.4, 0.5) is 15.8 Å². The molecule has 0 unspecified atom stereocenters. The van der Waals surface area contributed by atoms with Gasteiger partial charge >= 0.3 is 0 Å². The number of hydrogen-bond donors (Lipinski definition) is 1. The lowest BCUT2D eigenvalue weighted by Crippen LogP contribution is -2.30. The molecule has 5 nitrogen and oxygen atoms in total. The Morgan fingerprint density at radius 2 is 1.86 bits per heavy atom. The van der Waals surface area contributed by atoms with E-state index in [0.717, 1.165) is 42.9 Å². The van der Waals surface area contributed by atoms with Gasteiger partial charge in [0, 0.05) is 18.8 Å². The molecule has 0 saturated carbocycles. The standard InChI is InChI=1S/C23H25FN4O/c1-17-20(15-25-28(17)16-18-8-4-2-5-9-18)23(29)26-21-14-19(24)10-11-22(21)27-12-6-3-7-13-27/h2,4-5,8-11,14-15H,3,6-7,12-13,16H2,1H3,(H,26,29). The van der Waals surface area contributed by atoms with Crippen LogP contribution in [-0.2, 0) is 6.54 Å². The van der Waals surface area contributed by atoms with Crippen LogP contribution < -0.4 is 10.2 Å². The van der Waals surface area contributed by atoms with Gasteiger partial charge in [0.25, 0.3) is 5.91 Å². The summed E-state index contributed by atoms with van der Waals surface area (Å²) in [5.41, 5.74) is 3.76. The summed E-state index contributed by atoms with van der Waals surface area (Å²) in [6.07, 6.45) is 5.00. The van der Waals surface area contributed by atoms with E-state index < -0.39 is 0 Å². The minimum atomic E-state index is -0.363. The molecule has 1 aliphatic rings. The Morgan fingerprint density at radius 1 is 1.10 bits per heavy atom. The Kier molecular flexibility index (Phi) is 5.60. The fraction of sp³-hybridized carbons (Fsp3) is 0.304. The summed E-state index contributed by atoms with van der Waals surface area (Å²) in [6.45, 7) is 4.31. The smallest absolute Gasteiger partial charge is 0.259 e. The first-order valence-electron chi connectivity index (χ1n) is 10.0. The van der Waals surface area contributed by atoms with Crippen molar-refractivity contribution >= 4 is 17.3 Å². The number of nitrogens with zero attached hydrogens (tertiary/aromatic N) is 3. The number of anilines is 2. The highest BCUT2D eigenvalue weighted by molar-refractivity contribution is 6.06. The number of carbonyl (C=O) groups is 1. The first kappa shape index (κ1) is 19.2. The molecule has 2 heterocycles. The molecule has 29 heavy (non-hydrogen) atoms. The maximum absolute atomic E-state index is 13.9. The number of hydrogen-bond acceptors (Lipinski definition) is 3. The first-order chi connectivity index (χ1) is 14.1. The Hall–Kier alpha value is -3.15. The number of carbonyl (C=O) groups excluding carboxylic acids is 1. The average Bonchev–Trinajstić information content (AvgIpc) is 3.10. The highest BCUT2D eigenvalue weighted by Gasteiger charge is 2.19. The van der Waals surface area contributed by atoms with Crippen molar-refractivity contribution in [3.63, 3.8) is 0 Å². The fourth-order valence-electron chi connectivity index (χ4n) is 3.79. The summed E-state index contributed by atoms with van der Waals surface area (Å²) in [7, 11) is 0. The molecule has 0 atom stereocenters. The van der Waals surface area contributed by atoms with Gasteiger partial charge in [0.1, 0.15) is 5.82 Å². The van der Waals surface area contributed by atoms with Gasteiger partial charge in [-0.2, -0.15) is 5.10 Å². The second-order valence-electron chi connectivity index (χ2n) is 7.45. The van der Waals surface area contributed by atoms with E-state index in [1.165, 1.54) is 18.6 Å². The summed E-state index contributed by atoms with van der Waals surface area (Å²) < 4.78 is 15.7. The van der Waals surface area contributed by atoms with Crippen molar-refractivity contribution in [1.82, 2.24) is 9.78 Å². The van der Waals surface area contributed by atoms with Gasteiger partial charge in [0.2, 0.25) is 0 Å². The molecule has 1 aliphatic heterocycles. The molecule has 4 rings (SSSR count). The quantitative estimate of drug-likeness (QED) is 0.689. The third kappa shape index (κ3) is 4.31. The molecule has 0 aliphatic carbocycles. The van der Waals surface area contributed by atoms with E-state index in [-0.39, 0.29) is 11.7 Å². The van der Waals surface area contributed by atoms with E-state index in [1.54, 1.807) is 16.9 Å². The Morgan fingerprint density at radius 3 is 2.62 bits per heavy atom. The number of benzene rings is 2. The van der Waals surface area contributed by atoms with Crippen molar-refractivity contribution in [3.8, 4) is 0 Å². The maximum atomic E-state index is 13.9. The molecule has 6 heteroatoms. The zero-order valence-corrected chi connectivity index (χ0v) is 16.6. The van der Waals surface area contributed by atoms with Gasteiger partial charge in [0.05, 0.1) is 29.7 Å². The summed E-state index contributed by atoms with van der Waals surface area (Å²) in [5.74, 6) is -0.636. The highest BCUT2D eigenvalue weighted by atomic mass is 19.1. The van der Waals surface area contributed by atoms with Gasteiger partial charge in [-0.3, -0.25) is 9.48 Å². The van der Waals surface area contributed by atoms with Gasteiger partial charge < -0.3 is 10.2 Å². The number of piperidine rings is 1. The zero-order valence-electron chi connectivity index (χ0n) is 16.6. The monoisotopic (exact) mass is 392 g/mol. The van der Waals surface area contributed by atoms with Crippen LogP contribution in [0, 0.1) is 12.7 Å². The second kappa shape index (κ2) is 8.47. The average molecular weight is 392 g/mol. The van der Waals surface area contributed by atoms with Crippen LogP contribution in [0.25, 0.3) is 0 Å². The van der Waals surface area contributed by atoms with E-state index in [9.17, 15) is 9.18 Å². The van der Waals surface area contributed by atoms with E-state index in [4.69, 9.17) is 0 Å². The van der Waals surface area contributed by atoms with E-state index in [2.05, 4.69) is 15.3 Å². The van der Waals surface area contributed by atoms with Crippen molar-refractivity contribution in [2.45, 2.75) is 32.7 Å². The maximum Gasteiger partial charge on any atom is 0.259 e. The lowest BCUT2D eigenvalue weighted by Gasteiger charge is -2.30. The number of halogens is 1. The van der Waals surface area contributed by atoms with Crippen molar-refractivity contribution in [2.75, 3.05) is 23.3 Å². The third-order valence-corrected chi connectivity index (χ3v) is 5.43. The van der Waals surface area contributed by atoms with Crippen LogP contribution in [0.5, 0.6) is 0 Å². The van der Waals surface area contributed by atoms with E-state index in [0.29, 0.717) is 17.8 Å². The normalized spacial score (nSPS) is 14.1. The van der Waals surface area contributed by atoms with Gasteiger partial charge in [-0.25, -0.2) is 4.39 Å². The molecular weight excluding hydrogens is 367 g/mol. The largest absolute Gasteiger partial charge is 0.370 e. The minimum absolute atomic E-state index is 0.273. The van der Waals surface area contributed by atoms with Gasteiger partial charge in [-0.15, -0.1) is 0 Å². The zero-order chi connectivity index (χ0) is 20.2. The summed E-state index contributed by atoms with van der Waals surface area (Å²) >= 11 is 0. The summed E-state index contributed by atoms with van der Waals surface area (Å²) in [5, 5.41) is 7.28. The van der Waals surface area contributed by atoms with Crippen LogP contribution in [-0.4, -0.2) is 28.8 Å². The van der Waals surface area contributed by atoms with Crippen molar-refractivity contribution in [1.29, 1.82) is 0 Å². The van der Waals surface area contributed by atoms with Crippen molar-refractivity contribution in [3.05, 3.63) is 77.4 Å². The summed E-state index contributed by atoms with van der Waals surface area (Å²) in [6, 6.07) is 14.6. The number of rotatable bonds is 5. The molecular formula is C23H25FN4O. The SMILES string of the molecule is Cc1c(C(=O)Nc2cc(F)ccc2N2CCCCC2)cnn1Cc1ccccc1. The van der Waals surface area contributed by atoms with Gasteiger partial charge in [-0.05, 0) is 49.9 Å². The molecule has 1 aromatic heterocycles. The molecule has 0 spiro atoms. The highest BCUT2D eigenvalue weighted by Crippen LogP contribution is 2.30. The van der Waals surface area contributed by atoms with Crippen molar-refractivity contribution < 1.29 is 9.18 Å². The molecule has 0 bridgehead atoms. The van der Waals surface area contributed by atoms with E-state index >= 15 is 0 Å². The lowest BCUT2D eigenvalue weighted by molar-refractivity contribution is 0.102. The molecule has 1 fully saturated rings. The Balaban J connectivity index is 1.55. The molecule has 1 N–H and O–H groups in total. The Labute approximate surface area is 170 Å². The number of aromatic nitrogens is 2. The predicted molar refractivity (Wildman–Crippen MR) is 113 cm³/mol. The molecule has 1 amide bonds. The van der Waals surface area contributed by atoms with E-state index in [1.807, 2.05) is 37.3 Å². The van der Waals surface area contributed by atoms with Crippen LogP contribution in [0.15, 0.2) is 54.7 Å². The summed E-state index contributed by atoms with van der Waals surface area (Å²) in [4.78, 5) is 15.2. The van der Waals surface area contributed by atoms with Gasteiger partial charge in [-0.1, -0.05) is 30.3 Å². The second-order valence-corrected chi connectivity index (χ2v) is 7.45. The Bertz CT molecular complexity index is 993. The first-order valence-corrected chi connectivity index (χ1v) is 10.0.